The van der Waals surface area contributed by atoms with E-state index in [0.29, 0.717) is 0 Å². The van der Waals surface area contributed by atoms with Gasteiger partial charge in [0, 0.05) is 42.5 Å². The Labute approximate surface area is 209 Å². The molecule has 0 unspecified atom stereocenters. The van der Waals surface area contributed by atoms with Crippen LogP contribution >= 0.6 is 11.3 Å². The van der Waals surface area contributed by atoms with Crippen LogP contribution in [0.5, 0.6) is 0 Å². The minimum Gasteiger partial charge on any atom is -0.354 e. The molecular formula is C33H25NS. The third kappa shape index (κ3) is 3.00. The molecule has 5 aromatic carbocycles. The molecular weight excluding hydrogens is 442 g/mol. The van der Waals surface area contributed by atoms with Gasteiger partial charge in [0.2, 0.25) is 0 Å². The van der Waals surface area contributed by atoms with Crippen LogP contribution in [0.3, 0.4) is 0 Å². The maximum absolute atomic E-state index is 3.87. The van der Waals surface area contributed by atoms with Gasteiger partial charge in [-0.2, -0.15) is 0 Å². The first-order valence-electron chi connectivity index (χ1n) is 12.1. The van der Waals surface area contributed by atoms with E-state index in [1.807, 2.05) is 11.3 Å². The van der Waals surface area contributed by atoms with E-state index in [0.717, 1.165) is 5.69 Å². The van der Waals surface area contributed by atoms with E-state index in [4.69, 9.17) is 0 Å². The topological polar surface area (TPSA) is 12.0 Å². The summed E-state index contributed by atoms with van der Waals surface area (Å²) < 4.78 is 2.65. The monoisotopic (exact) mass is 467 g/mol. The predicted molar refractivity (Wildman–Crippen MR) is 152 cm³/mol. The van der Waals surface area contributed by atoms with Gasteiger partial charge in [0.25, 0.3) is 0 Å². The Morgan fingerprint density at radius 2 is 1.29 bits per heavy atom. The molecule has 1 heterocycles. The number of hydrogen-bond donors (Lipinski definition) is 1. The lowest BCUT2D eigenvalue weighted by atomic mass is 9.82. The van der Waals surface area contributed by atoms with Gasteiger partial charge in [0.05, 0.1) is 0 Å². The van der Waals surface area contributed by atoms with E-state index >= 15 is 0 Å². The first kappa shape index (κ1) is 20.5. The lowest BCUT2D eigenvalue weighted by Gasteiger charge is -2.21. The molecule has 6 aromatic rings. The molecule has 1 N–H and O–H groups in total. The summed E-state index contributed by atoms with van der Waals surface area (Å²) in [5.41, 5.74) is 10.3. The summed E-state index contributed by atoms with van der Waals surface area (Å²) in [7, 11) is 0. The van der Waals surface area contributed by atoms with Crippen LogP contribution in [-0.4, -0.2) is 0 Å². The summed E-state index contributed by atoms with van der Waals surface area (Å²) in [6.07, 6.45) is 0. The highest BCUT2D eigenvalue weighted by atomic mass is 32.1. The van der Waals surface area contributed by atoms with Crippen molar-refractivity contribution < 1.29 is 0 Å². The Morgan fingerprint density at radius 3 is 2.17 bits per heavy atom. The molecule has 0 saturated heterocycles. The predicted octanol–water partition coefficient (Wildman–Crippen LogP) is 9.77. The average molecular weight is 468 g/mol. The average Bonchev–Trinajstić information content (AvgIpc) is 3.39. The summed E-state index contributed by atoms with van der Waals surface area (Å²) in [5, 5.41) is 6.48. The quantitative estimate of drug-likeness (QED) is 0.273. The largest absolute Gasteiger partial charge is 0.354 e. The number of fused-ring (bicyclic) bond motifs is 6. The zero-order valence-corrected chi connectivity index (χ0v) is 20.6. The second kappa shape index (κ2) is 7.56. The van der Waals surface area contributed by atoms with Crippen molar-refractivity contribution in [2.75, 3.05) is 5.32 Å². The molecule has 0 radical (unpaired) electrons. The van der Waals surface area contributed by atoms with Gasteiger partial charge in [-0.3, -0.25) is 0 Å². The van der Waals surface area contributed by atoms with Crippen LogP contribution in [0.4, 0.5) is 11.4 Å². The van der Waals surface area contributed by atoms with E-state index in [2.05, 4.69) is 128 Å². The fourth-order valence-electron chi connectivity index (χ4n) is 5.80. The second-order valence-corrected chi connectivity index (χ2v) is 10.9. The SMILES string of the molecule is CC1(C)c2ccccc2-c2c(Nc3cccc4sc5c(-c6ccccc6)cccc5c34)cccc21. The number of rotatable bonds is 3. The molecule has 0 spiro atoms. The van der Waals surface area contributed by atoms with Gasteiger partial charge in [-0.1, -0.05) is 105 Å². The first-order valence-corrected chi connectivity index (χ1v) is 12.9. The van der Waals surface area contributed by atoms with Gasteiger partial charge in [-0.05, 0) is 46.0 Å². The van der Waals surface area contributed by atoms with Crippen LogP contribution in [-0.2, 0) is 5.41 Å². The molecule has 2 heteroatoms. The highest BCUT2D eigenvalue weighted by Gasteiger charge is 2.36. The maximum atomic E-state index is 3.87. The highest BCUT2D eigenvalue weighted by Crippen LogP contribution is 2.52. The number of hydrogen-bond acceptors (Lipinski definition) is 2. The Balaban J connectivity index is 1.43. The van der Waals surface area contributed by atoms with Gasteiger partial charge in [-0.15, -0.1) is 11.3 Å². The molecule has 35 heavy (non-hydrogen) atoms. The molecule has 1 nitrogen and oxygen atoms in total. The molecule has 0 bridgehead atoms. The molecule has 1 aliphatic carbocycles. The van der Waals surface area contributed by atoms with Gasteiger partial charge >= 0.3 is 0 Å². The molecule has 1 aromatic heterocycles. The summed E-state index contributed by atoms with van der Waals surface area (Å²) in [6, 6.07) is 39.6. The van der Waals surface area contributed by atoms with Crippen molar-refractivity contribution in [2.24, 2.45) is 0 Å². The Morgan fingerprint density at radius 1 is 0.600 bits per heavy atom. The van der Waals surface area contributed by atoms with Crippen LogP contribution in [0.25, 0.3) is 42.4 Å². The van der Waals surface area contributed by atoms with E-state index in [-0.39, 0.29) is 5.41 Å². The Kier molecular flexibility index (Phi) is 4.43. The summed E-state index contributed by atoms with van der Waals surface area (Å²) in [5.74, 6) is 0. The molecule has 0 fully saturated rings. The molecule has 1 aliphatic rings. The first-order chi connectivity index (χ1) is 17.1. The molecule has 0 saturated carbocycles. The molecule has 168 valence electrons. The molecule has 0 aliphatic heterocycles. The van der Waals surface area contributed by atoms with Crippen molar-refractivity contribution in [1.82, 2.24) is 0 Å². The third-order valence-corrected chi connectivity index (χ3v) is 8.69. The fraction of sp³-hybridized carbons (Fsp3) is 0.0909. The maximum Gasteiger partial charge on any atom is 0.0478 e. The van der Waals surface area contributed by atoms with E-state index in [1.165, 1.54) is 59.2 Å². The minimum absolute atomic E-state index is 0.00467. The summed E-state index contributed by atoms with van der Waals surface area (Å²) in [6.45, 7) is 4.67. The third-order valence-electron chi connectivity index (χ3n) is 7.48. The van der Waals surface area contributed by atoms with Crippen molar-refractivity contribution in [3.05, 3.63) is 120 Å². The van der Waals surface area contributed by atoms with Crippen molar-refractivity contribution in [2.45, 2.75) is 19.3 Å². The van der Waals surface area contributed by atoms with Crippen LogP contribution in [0.2, 0.25) is 0 Å². The second-order valence-electron chi connectivity index (χ2n) is 9.85. The normalized spacial score (nSPS) is 13.7. The van der Waals surface area contributed by atoms with Crippen LogP contribution in [0, 0.1) is 0 Å². The summed E-state index contributed by atoms with van der Waals surface area (Å²) in [4.78, 5) is 0. The lowest BCUT2D eigenvalue weighted by Crippen LogP contribution is -2.14. The van der Waals surface area contributed by atoms with E-state index in [9.17, 15) is 0 Å². The smallest absolute Gasteiger partial charge is 0.0478 e. The number of anilines is 2. The van der Waals surface area contributed by atoms with Crippen molar-refractivity contribution in [3.63, 3.8) is 0 Å². The zero-order chi connectivity index (χ0) is 23.6. The molecule has 0 atom stereocenters. The Hall–Kier alpha value is -3.88. The van der Waals surface area contributed by atoms with Gasteiger partial charge < -0.3 is 5.32 Å². The van der Waals surface area contributed by atoms with Crippen LogP contribution < -0.4 is 5.32 Å². The molecule has 0 amide bonds. The highest BCUT2D eigenvalue weighted by molar-refractivity contribution is 7.26. The van der Waals surface area contributed by atoms with E-state index in [1.54, 1.807) is 0 Å². The van der Waals surface area contributed by atoms with E-state index < -0.39 is 0 Å². The number of benzene rings is 5. The van der Waals surface area contributed by atoms with Crippen molar-refractivity contribution >= 4 is 42.9 Å². The lowest BCUT2D eigenvalue weighted by molar-refractivity contribution is 0.660. The minimum atomic E-state index is -0.00467. The summed E-state index contributed by atoms with van der Waals surface area (Å²) >= 11 is 1.88. The number of thiophene rings is 1. The zero-order valence-electron chi connectivity index (χ0n) is 19.8. The standard InChI is InChI=1S/C33H25NS/c1-33(2)25-16-7-6-13-23(25)30-26(33)17-9-18-27(30)34-28-19-10-20-29-31(28)24-15-8-14-22(32(24)35-29)21-11-4-3-5-12-21/h3-20,34H,1-2H3. The Bertz CT molecular complexity index is 1740. The van der Waals surface area contributed by atoms with Gasteiger partial charge in [0.1, 0.15) is 0 Å². The fourth-order valence-corrected chi connectivity index (χ4v) is 7.07. The van der Waals surface area contributed by atoms with Crippen molar-refractivity contribution in [1.29, 1.82) is 0 Å². The van der Waals surface area contributed by atoms with Gasteiger partial charge in [-0.25, -0.2) is 0 Å². The van der Waals surface area contributed by atoms with Crippen LogP contribution in [0.15, 0.2) is 109 Å². The number of nitrogens with one attached hydrogen (secondary N) is 1. The van der Waals surface area contributed by atoms with Gasteiger partial charge in [0.15, 0.2) is 0 Å². The van der Waals surface area contributed by atoms with Crippen molar-refractivity contribution in [3.8, 4) is 22.3 Å². The van der Waals surface area contributed by atoms with Crippen LogP contribution in [0.1, 0.15) is 25.0 Å². The molecule has 7 rings (SSSR count).